The van der Waals surface area contributed by atoms with E-state index in [-0.39, 0.29) is 24.0 Å². The molecule has 0 saturated heterocycles. The maximum absolute atomic E-state index is 12.8. The molecule has 164 valence electrons. The highest BCUT2D eigenvalue weighted by atomic mass is 32.2. The Hall–Kier alpha value is -3.39. The van der Waals surface area contributed by atoms with E-state index >= 15 is 0 Å². The first-order chi connectivity index (χ1) is 15.6. The molecule has 3 aromatic rings. The van der Waals surface area contributed by atoms with Crippen LogP contribution in [0.25, 0.3) is 0 Å². The van der Waals surface area contributed by atoms with Gasteiger partial charge in [0.2, 0.25) is 11.8 Å². The van der Waals surface area contributed by atoms with Crippen molar-refractivity contribution in [2.24, 2.45) is 0 Å². The Morgan fingerprint density at radius 2 is 1.94 bits per heavy atom. The van der Waals surface area contributed by atoms with Crippen molar-refractivity contribution in [2.45, 2.75) is 31.5 Å². The summed E-state index contributed by atoms with van der Waals surface area (Å²) in [7, 11) is 0. The third kappa shape index (κ3) is 4.75. The minimum atomic E-state index is -0.168. The molecule has 0 radical (unpaired) electrons. The molecule has 1 aliphatic rings. The molecule has 0 aliphatic carbocycles. The van der Waals surface area contributed by atoms with E-state index in [1.807, 2.05) is 58.9 Å². The van der Waals surface area contributed by atoms with E-state index in [0.717, 1.165) is 23.4 Å². The van der Waals surface area contributed by atoms with Gasteiger partial charge in [0, 0.05) is 24.5 Å². The maximum atomic E-state index is 12.8. The largest absolute Gasteiger partial charge is 0.325 e. The lowest BCUT2D eigenvalue weighted by Gasteiger charge is -2.17. The van der Waals surface area contributed by atoms with Crippen LogP contribution in [0.5, 0.6) is 0 Å². The number of nitrogens with one attached hydrogen (secondary N) is 1. The fourth-order valence-corrected chi connectivity index (χ4v) is 4.56. The number of hydrogen-bond acceptors (Lipinski definition) is 5. The molecule has 32 heavy (non-hydrogen) atoms. The predicted molar refractivity (Wildman–Crippen MR) is 127 cm³/mol. The van der Waals surface area contributed by atoms with Crippen LogP contribution >= 0.6 is 11.8 Å². The van der Waals surface area contributed by atoms with E-state index in [2.05, 4.69) is 28.2 Å². The number of aromatic nitrogens is 3. The van der Waals surface area contributed by atoms with Gasteiger partial charge in [-0.2, -0.15) is 0 Å². The number of rotatable bonds is 8. The number of thioether (sulfide) groups is 1. The number of amides is 2. The molecule has 0 spiro atoms. The second-order valence-electron chi connectivity index (χ2n) is 7.55. The molecule has 0 bridgehead atoms. The third-order valence-electron chi connectivity index (χ3n) is 5.36. The van der Waals surface area contributed by atoms with Gasteiger partial charge in [-0.25, -0.2) is 0 Å². The molecule has 4 rings (SSSR count). The summed E-state index contributed by atoms with van der Waals surface area (Å²) in [5.74, 6) is 0.654. The van der Waals surface area contributed by atoms with E-state index in [1.54, 1.807) is 6.08 Å². The predicted octanol–water partition coefficient (Wildman–Crippen LogP) is 3.64. The molecule has 2 amide bonds. The van der Waals surface area contributed by atoms with Gasteiger partial charge in [-0.3, -0.25) is 9.59 Å². The SMILES string of the molecule is C=CCn1c(CC(=O)Nc2ccccc2C)nnc1SCC(=O)N1CCc2ccccc21. The quantitative estimate of drug-likeness (QED) is 0.421. The number of fused-ring (bicyclic) bond motifs is 1. The standard InChI is InChI=1S/C24H25N5O2S/c1-3-13-29-21(15-22(30)25-19-10-6-4-8-17(19)2)26-27-24(29)32-16-23(31)28-14-12-18-9-5-7-11-20(18)28/h3-11H,1,12-16H2,2H3,(H,25,30). The molecule has 0 fully saturated rings. The number of hydrogen-bond donors (Lipinski definition) is 1. The molecule has 2 heterocycles. The van der Waals surface area contributed by atoms with Gasteiger partial charge in [-0.15, -0.1) is 16.8 Å². The van der Waals surface area contributed by atoms with E-state index in [0.29, 0.717) is 24.1 Å². The average molecular weight is 448 g/mol. The number of anilines is 2. The van der Waals surface area contributed by atoms with Crippen molar-refractivity contribution in [1.82, 2.24) is 14.8 Å². The normalized spacial score (nSPS) is 12.5. The van der Waals surface area contributed by atoms with E-state index in [1.165, 1.54) is 17.3 Å². The van der Waals surface area contributed by atoms with Crippen LogP contribution in [-0.2, 0) is 29.0 Å². The van der Waals surface area contributed by atoms with Crippen molar-refractivity contribution in [3.63, 3.8) is 0 Å². The molecular formula is C24H25N5O2S. The summed E-state index contributed by atoms with van der Waals surface area (Å²) in [5, 5.41) is 12.0. The van der Waals surface area contributed by atoms with Crippen LogP contribution < -0.4 is 10.2 Å². The van der Waals surface area contributed by atoms with Gasteiger partial charge in [-0.1, -0.05) is 54.2 Å². The lowest BCUT2D eigenvalue weighted by atomic mass is 10.2. The number of para-hydroxylation sites is 2. The number of carbonyl (C=O) groups is 2. The van der Waals surface area contributed by atoms with Gasteiger partial charge in [-0.05, 0) is 36.6 Å². The molecule has 0 atom stereocenters. The second kappa shape index (κ2) is 9.82. The molecule has 0 saturated carbocycles. The lowest BCUT2D eigenvalue weighted by Crippen LogP contribution is -2.30. The highest BCUT2D eigenvalue weighted by Gasteiger charge is 2.25. The topological polar surface area (TPSA) is 80.1 Å². The first kappa shape index (κ1) is 21.8. The number of benzene rings is 2. The van der Waals surface area contributed by atoms with Crippen molar-refractivity contribution < 1.29 is 9.59 Å². The molecule has 1 N–H and O–H groups in total. The Labute approximate surface area is 191 Å². The maximum Gasteiger partial charge on any atom is 0.237 e. The van der Waals surface area contributed by atoms with Crippen LogP contribution in [0.2, 0.25) is 0 Å². The van der Waals surface area contributed by atoms with Crippen LogP contribution in [0.4, 0.5) is 11.4 Å². The van der Waals surface area contributed by atoms with E-state index in [9.17, 15) is 9.59 Å². The minimum Gasteiger partial charge on any atom is -0.325 e. The smallest absolute Gasteiger partial charge is 0.237 e. The monoisotopic (exact) mass is 447 g/mol. The molecule has 0 unspecified atom stereocenters. The summed E-state index contributed by atoms with van der Waals surface area (Å²) < 4.78 is 1.83. The van der Waals surface area contributed by atoms with Crippen molar-refractivity contribution >= 4 is 35.0 Å². The number of allylic oxidation sites excluding steroid dienone is 1. The third-order valence-corrected chi connectivity index (χ3v) is 6.31. The fourth-order valence-electron chi connectivity index (χ4n) is 3.72. The average Bonchev–Trinajstić information content (AvgIpc) is 3.38. The van der Waals surface area contributed by atoms with E-state index < -0.39 is 0 Å². The van der Waals surface area contributed by atoms with E-state index in [4.69, 9.17) is 0 Å². The Morgan fingerprint density at radius 1 is 1.16 bits per heavy atom. The van der Waals surface area contributed by atoms with Gasteiger partial charge in [0.15, 0.2) is 5.16 Å². The Bertz CT molecular complexity index is 1160. The number of carbonyl (C=O) groups excluding carboxylic acids is 2. The van der Waals surface area contributed by atoms with Gasteiger partial charge in [0.25, 0.3) is 0 Å². The van der Waals surface area contributed by atoms with Crippen LogP contribution in [0, 0.1) is 6.92 Å². The number of aryl methyl sites for hydroxylation is 1. The van der Waals surface area contributed by atoms with Crippen LogP contribution in [0.3, 0.4) is 0 Å². The summed E-state index contributed by atoms with van der Waals surface area (Å²) in [4.78, 5) is 27.2. The molecule has 7 nitrogen and oxygen atoms in total. The molecule has 1 aromatic heterocycles. The first-order valence-electron chi connectivity index (χ1n) is 10.5. The Kier molecular flexibility index (Phi) is 6.70. The summed E-state index contributed by atoms with van der Waals surface area (Å²) in [6.45, 7) is 6.90. The van der Waals surface area contributed by atoms with Crippen molar-refractivity contribution in [3.05, 3.63) is 78.1 Å². The Balaban J connectivity index is 1.42. The van der Waals surface area contributed by atoms with Crippen molar-refractivity contribution in [2.75, 3.05) is 22.5 Å². The fraction of sp³-hybridized carbons (Fsp3) is 0.250. The zero-order valence-corrected chi connectivity index (χ0v) is 18.8. The molecular weight excluding hydrogens is 422 g/mol. The van der Waals surface area contributed by atoms with Crippen LogP contribution in [0.15, 0.2) is 66.3 Å². The summed E-state index contributed by atoms with van der Waals surface area (Å²) in [5.41, 5.74) is 3.95. The van der Waals surface area contributed by atoms with Crippen LogP contribution in [0.1, 0.15) is 17.0 Å². The minimum absolute atomic E-state index is 0.0342. The summed E-state index contributed by atoms with van der Waals surface area (Å²) >= 11 is 1.33. The first-order valence-corrected chi connectivity index (χ1v) is 11.4. The van der Waals surface area contributed by atoms with Crippen molar-refractivity contribution in [3.8, 4) is 0 Å². The summed E-state index contributed by atoms with van der Waals surface area (Å²) in [6.07, 6.45) is 2.69. The Morgan fingerprint density at radius 3 is 2.75 bits per heavy atom. The number of nitrogens with zero attached hydrogens (tertiary/aromatic N) is 4. The zero-order valence-electron chi connectivity index (χ0n) is 18.0. The summed E-state index contributed by atoms with van der Waals surface area (Å²) in [6, 6.07) is 15.6. The van der Waals surface area contributed by atoms with Gasteiger partial charge >= 0.3 is 0 Å². The van der Waals surface area contributed by atoms with Crippen molar-refractivity contribution in [1.29, 1.82) is 0 Å². The molecule has 1 aliphatic heterocycles. The molecule has 2 aromatic carbocycles. The van der Waals surface area contributed by atoms with Crippen LogP contribution in [-0.4, -0.2) is 38.9 Å². The van der Waals surface area contributed by atoms with Gasteiger partial charge in [0.1, 0.15) is 5.82 Å². The zero-order chi connectivity index (χ0) is 22.5. The molecule has 8 heteroatoms. The highest BCUT2D eigenvalue weighted by Crippen LogP contribution is 2.29. The van der Waals surface area contributed by atoms with Gasteiger partial charge in [0.05, 0.1) is 12.2 Å². The van der Waals surface area contributed by atoms with Gasteiger partial charge < -0.3 is 14.8 Å². The second-order valence-corrected chi connectivity index (χ2v) is 8.49. The lowest BCUT2D eigenvalue weighted by molar-refractivity contribution is -0.116. The highest BCUT2D eigenvalue weighted by molar-refractivity contribution is 7.99.